The summed E-state index contributed by atoms with van der Waals surface area (Å²) in [7, 11) is 0. The number of hydrogen-bond acceptors (Lipinski definition) is 3. The zero-order chi connectivity index (χ0) is 14.5. The number of rotatable bonds is 5. The van der Waals surface area contributed by atoms with E-state index in [0.29, 0.717) is 28.9 Å². The molecule has 0 spiro atoms. The third-order valence-electron chi connectivity index (χ3n) is 2.85. The molecular formula is C16H18ClNO2. The minimum Gasteiger partial charge on any atom is -0.490 e. The normalized spacial score (nSPS) is 12.0. The maximum atomic E-state index is 6.23. The molecule has 0 radical (unpaired) electrons. The molecule has 2 aromatic carbocycles. The highest BCUT2D eigenvalue weighted by Gasteiger charge is 2.10. The Morgan fingerprint density at radius 1 is 1.10 bits per heavy atom. The zero-order valence-corrected chi connectivity index (χ0v) is 12.4. The number of para-hydroxylation sites is 2. The molecule has 106 valence electrons. The molecule has 2 aromatic rings. The van der Waals surface area contributed by atoms with Crippen LogP contribution >= 0.6 is 11.6 Å². The first-order valence-electron chi connectivity index (χ1n) is 6.56. The highest BCUT2D eigenvalue weighted by Crippen LogP contribution is 2.35. The van der Waals surface area contributed by atoms with Crippen LogP contribution in [0.1, 0.15) is 25.5 Å². The summed E-state index contributed by atoms with van der Waals surface area (Å²) >= 11 is 6.23. The molecule has 0 aliphatic heterocycles. The average Bonchev–Trinajstić information content (AvgIpc) is 2.43. The fraction of sp³-hybridized carbons (Fsp3) is 0.250. The van der Waals surface area contributed by atoms with Crippen molar-refractivity contribution in [3.63, 3.8) is 0 Å². The van der Waals surface area contributed by atoms with Crippen molar-refractivity contribution in [2.75, 3.05) is 6.61 Å². The molecule has 0 amide bonds. The van der Waals surface area contributed by atoms with Gasteiger partial charge < -0.3 is 15.2 Å². The summed E-state index contributed by atoms with van der Waals surface area (Å²) in [6, 6.07) is 13.0. The van der Waals surface area contributed by atoms with Gasteiger partial charge in [-0.05, 0) is 43.7 Å². The molecule has 0 saturated heterocycles. The summed E-state index contributed by atoms with van der Waals surface area (Å²) in [4.78, 5) is 0. The van der Waals surface area contributed by atoms with Crippen molar-refractivity contribution < 1.29 is 9.47 Å². The standard InChI is InChI=1S/C16H18ClNO2/c1-3-19-15-6-4-5-7-16(15)20-14-9-8-12(11(2)18)10-13(14)17/h4-11H,3,18H2,1-2H3/t11-/m0/s1. The number of ether oxygens (including phenoxy) is 2. The molecule has 2 rings (SSSR count). The van der Waals surface area contributed by atoms with E-state index >= 15 is 0 Å². The molecule has 3 nitrogen and oxygen atoms in total. The Morgan fingerprint density at radius 3 is 2.40 bits per heavy atom. The van der Waals surface area contributed by atoms with Gasteiger partial charge in [0.25, 0.3) is 0 Å². The van der Waals surface area contributed by atoms with Gasteiger partial charge in [0.1, 0.15) is 5.75 Å². The smallest absolute Gasteiger partial charge is 0.169 e. The summed E-state index contributed by atoms with van der Waals surface area (Å²) in [6.07, 6.45) is 0. The van der Waals surface area contributed by atoms with Gasteiger partial charge in [0.2, 0.25) is 0 Å². The van der Waals surface area contributed by atoms with E-state index in [1.54, 1.807) is 0 Å². The van der Waals surface area contributed by atoms with Crippen molar-refractivity contribution in [3.8, 4) is 17.2 Å². The van der Waals surface area contributed by atoms with E-state index in [9.17, 15) is 0 Å². The molecule has 0 fully saturated rings. The van der Waals surface area contributed by atoms with Crippen LogP contribution in [0.25, 0.3) is 0 Å². The van der Waals surface area contributed by atoms with Gasteiger partial charge in [0, 0.05) is 6.04 Å². The molecule has 0 heterocycles. The van der Waals surface area contributed by atoms with Crippen molar-refractivity contribution >= 4 is 11.6 Å². The second-order valence-electron chi connectivity index (χ2n) is 4.46. The molecule has 1 atom stereocenters. The first kappa shape index (κ1) is 14.7. The second kappa shape index (κ2) is 6.64. The fourth-order valence-electron chi connectivity index (χ4n) is 1.81. The fourth-order valence-corrected chi connectivity index (χ4v) is 2.04. The molecule has 0 bridgehead atoms. The third-order valence-corrected chi connectivity index (χ3v) is 3.15. The second-order valence-corrected chi connectivity index (χ2v) is 4.87. The van der Waals surface area contributed by atoms with Crippen LogP contribution in [0, 0.1) is 0 Å². The van der Waals surface area contributed by atoms with Crippen molar-refractivity contribution in [3.05, 3.63) is 53.1 Å². The van der Waals surface area contributed by atoms with Crippen molar-refractivity contribution in [2.45, 2.75) is 19.9 Å². The Kier molecular flexibility index (Phi) is 4.88. The van der Waals surface area contributed by atoms with Crippen molar-refractivity contribution in [1.82, 2.24) is 0 Å². The van der Waals surface area contributed by atoms with Gasteiger partial charge in [0.15, 0.2) is 11.5 Å². The monoisotopic (exact) mass is 291 g/mol. The molecule has 2 N–H and O–H groups in total. The summed E-state index contributed by atoms with van der Waals surface area (Å²) in [5.74, 6) is 1.93. The largest absolute Gasteiger partial charge is 0.490 e. The highest BCUT2D eigenvalue weighted by molar-refractivity contribution is 6.32. The van der Waals surface area contributed by atoms with E-state index in [4.69, 9.17) is 26.8 Å². The lowest BCUT2D eigenvalue weighted by Crippen LogP contribution is -2.04. The van der Waals surface area contributed by atoms with Gasteiger partial charge in [-0.2, -0.15) is 0 Å². The Labute approximate surface area is 124 Å². The van der Waals surface area contributed by atoms with Crippen LogP contribution in [0.15, 0.2) is 42.5 Å². The van der Waals surface area contributed by atoms with E-state index in [1.165, 1.54) is 0 Å². The third kappa shape index (κ3) is 3.44. The van der Waals surface area contributed by atoms with E-state index in [1.807, 2.05) is 56.3 Å². The number of halogens is 1. The number of benzene rings is 2. The summed E-state index contributed by atoms with van der Waals surface area (Å²) < 4.78 is 11.4. The molecule has 0 aromatic heterocycles. The molecule has 4 heteroatoms. The Bertz CT molecular complexity index is 584. The summed E-state index contributed by atoms with van der Waals surface area (Å²) in [5, 5.41) is 0.533. The maximum absolute atomic E-state index is 6.23. The highest BCUT2D eigenvalue weighted by atomic mass is 35.5. The van der Waals surface area contributed by atoms with Gasteiger partial charge in [0.05, 0.1) is 11.6 Å². The molecule has 0 aliphatic rings. The van der Waals surface area contributed by atoms with Gasteiger partial charge in [-0.15, -0.1) is 0 Å². The van der Waals surface area contributed by atoms with Crippen LogP contribution in [0.4, 0.5) is 0 Å². The molecular weight excluding hydrogens is 274 g/mol. The van der Waals surface area contributed by atoms with E-state index in [0.717, 1.165) is 5.56 Å². The summed E-state index contributed by atoms with van der Waals surface area (Å²) in [5.41, 5.74) is 6.80. The topological polar surface area (TPSA) is 44.5 Å². The van der Waals surface area contributed by atoms with E-state index in [2.05, 4.69) is 0 Å². The SMILES string of the molecule is CCOc1ccccc1Oc1ccc([C@H](C)N)cc1Cl. The van der Waals surface area contributed by atoms with Crippen molar-refractivity contribution in [2.24, 2.45) is 5.73 Å². The average molecular weight is 292 g/mol. The predicted octanol–water partition coefficient (Wildman–Crippen LogP) is 4.55. The van der Waals surface area contributed by atoms with Gasteiger partial charge in [-0.25, -0.2) is 0 Å². The molecule has 20 heavy (non-hydrogen) atoms. The lowest BCUT2D eigenvalue weighted by Gasteiger charge is -2.13. The molecule has 0 saturated carbocycles. The Morgan fingerprint density at radius 2 is 1.80 bits per heavy atom. The minimum absolute atomic E-state index is 0.0581. The molecule has 0 aliphatic carbocycles. The number of nitrogens with two attached hydrogens (primary N) is 1. The van der Waals surface area contributed by atoms with Crippen LogP contribution < -0.4 is 15.2 Å². The Balaban J connectivity index is 2.26. The quantitative estimate of drug-likeness (QED) is 0.879. The van der Waals surface area contributed by atoms with Crippen LogP contribution in [-0.4, -0.2) is 6.61 Å². The Hall–Kier alpha value is -1.71. The van der Waals surface area contributed by atoms with Crippen LogP contribution in [0.2, 0.25) is 5.02 Å². The van der Waals surface area contributed by atoms with Gasteiger partial charge in [-0.3, -0.25) is 0 Å². The van der Waals surface area contributed by atoms with Crippen molar-refractivity contribution in [1.29, 1.82) is 0 Å². The van der Waals surface area contributed by atoms with Gasteiger partial charge in [-0.1, -0.05) is 29.8 Å². The number of hydrogen-bond donors (Lipinski definition) is 1. The van der Waals surface area contributed by atoms with E-state index < -0.39 is 0 Å². The first-order valence-corrected chi connectivity index (χ1v) is 6.94. The minimum atomic E-state index is -0.0581. The van der Waals surface area contributed by atoms with E-state index in [-0.39, 0.29) is 6.04 Å². The zero-order valence-electron chi connectivity index (χ0n) is 11.6. The lowest BCUT2D eigenvalue weighted by molar-refractivity contribution is 0.321. The first-order chi connectivity index (χ1) is 9.61. The maximum Gasteiger partial charge on any atom is 0.169 e. The summed E-state index contributed by atoms with van der Waals surface area (Å²) in [6.45, 7) is 4.43. The van der Waals surface area contributed by atoms with Gasteiger partial charge >= 0.3 is 0 Å². The predicted molar refractivity (Wildman–Crippen MR) is 81.7 cm³/mol. The van der Waals surface area contributed by atoms with Crippen LogP contribution in [-0.2, 0) is 0 Å². The lowest BCUT2D eigenvalue weighted by atomic mass is 10.1. The van der Waals surface area contributed by atoms with Crippen LogP contribution in [0.3, 0.4) is 0 Å². The van der Waals surface area contributed by atoms with Crippen LogP contribution in [0.5, 0.6) is 17.2 Å². The molecule has 0 unspecified atom stereocenters.